The Labute approximate surface area is 133 Å². The second-order valence-corrected chi connectivity index (χ2v) is 6.66. The largest absolute Gasteiger partial charge is 0.399 e. The molecule has 0 aliphatic heterocycles. The maximum absolute atomic E-state index is 11.6. The molecule has 7 heteroatoms. The van der Waals surface area contributed by atoms with Crippen LogP contribution in [0.2, 0.25) is 0 Å². The van der Waals surface area contributed by atoms with Crippen molar-refractivity contribution in [3.8, 4) is 0 Å². The number of hydrogen-bond donors (Lipinski definition) is 0. The second kappa shape index (κ2) is 12.7. The van der Waals surface area contributed by atoms with E-state index in [2.05, 4.69) is 15.3 Å². The van der Waals surface area contributed by atoms with E-state index in [1.54, 1.807) is 0 Å². The average molecular weight is 336 g/mol. The molecule has 0 spiro atoms. The SMILES string of the molecule is CCCCCCC(=O)CC(=O)CCCCCOS(=O)(=O)OC. The average Bonchev–Trinajstić information content (AvgIpc) is 2.47. The molecule has 0 aromatic heterocycles. The monoisotopic (exact) mass is 336 g/mol. The fourth-order valence-electron chi connectivity index (χ4n) is 1.96. The van der Waals surface area contributed by atoms with E-state index in [1.807, 2.05) is 0 Å². The van der Waals surface area contributed by atoms with Crippen LogP contribution in [0.15, 0.2) is 0 Å². The zero-order chi connectivity index (χ0) is 16.8. The maximum Gasteiger partial charge on any atom is 0.399 e. The molecule has 0 bridgehead atoms. The maximum atomic E-state index is 11.6. The van der Waals surface area contributed by atoms with Crippen LogP contribution in [0.25, 0.3) is 0 Å². The van der Waals surface area contributed by atoms with Gasteiger partial charge in [-0.15, -0.1) is 0 Å². The fraction of sp³-hybridized carbons (Fsp3) is 0.867. The predicted molar refractivity (Wildman–Crippen MR) is 83.7 cm³/mol. The minimum atomic E-state index is -3.86. The molecule has 0 aliphatic carbocycles. The Bertz CT molecular complexity index is 416. The van der Waals surface area contributed by atoms with E-state index in [4.69, 9.17) is 0 Å². The summed E-state index contributed by atoms with van der Waals surface area (Å²) in [7, 11) is -2.83. The normalized spacial score (nSPS) is 11.5. The first kappa shape index (κ1) is 21.2. The molecular formula is C15H28O6S. The smallest absolute Gasteiger partial charge is 0.299 e. The van der Waals surface area contributed by atoms with Crippen molar-refractivity contribution in [2.75, 3.05) is 13.7 Å². The minimum absolute atomic E-state index is 0.0237. The Hall–Kier alpha value is -0.790. The summed E-state index contributed by atoms with van der Waals surface area (Å²) in [5.41, 5.74) is 0. The molecule has 0 unspecified atom stereocenters. The van der Waals surface area contributed by atoms with E-state index < -0.39 is 10.4 Å². The Morgan fingerprint density at radius 3 is 1.91 bits per heavy atom. The van der Waals surface area contributed by atoms with Gasteiger partial charge >= 0.3 is 10.4 Å². The van der Waals surface area contributed by atoms with E-state index in [-0.39, 0.29) is 24.6 Å². The second-order valence-electron chi connectivity index (χ2n) is 5.27. The van der Waals surface area contributed by atoms with Gasteiger partial charge in [0.1, 0.15) is 11.6 Å². The Morgan fingerprint density at radius 2 is 1.41 bits per heavy atom. The summed E-state index contributed by atoms with van der Waals surface area (Å²) < 4.78 is 30.4. The molecule has 0 saturated carbocycles. The van der Waals surface area contributed by atoms with E-state index in [9.17, 15) is 18.0 Å². The standard InChI is InChI=1S/C15H28O6S/c1-3-4-5-7-10-14(16)13-15(17)11-8-6-9-12-21-22(18,19)20-2/h3-13H2,1-2H3. The molecule has 0 rings (SSSR count). The highest BCUT2D eigenvalue weighted by Crippen LogP contribution is 2.08. The molecule has 6 nitrogen and oxygen atoms in total. The van der Waals surface area contributed by atoms with Gasteiger partial charge in [0.15, 0.2) is 0 Å². The van der Waals surface area contributed by atoms with Crippen molar-refractivity contribution in [2.24, 2.45) is 0 Å². The lowest BCUT2D eigenvalue weighted by Gasteiger charge is -2.03. The first-order valence-corrected chi connectivity index (χ1v) is 9.23. The first-order chi connectivity index (χ1) is 10.4. The van der Waals surface area contributed by atoms with Gasteiger partial charge in [-0.1, -0.05) is 32.6 Å². The van der Waals surface area contributed by atoms with Crippen LogP contribution in [0.3, 0.4) is 0 Å². The van der Waals surface area contributed by atoms with Crippen molar-refractivity contribution in [1.82, 2.24) is 0 Å². The van der Waals surface area contributed by atoms with Crippen LogP contribution >= 0.6 is 0 Å². The summed E-state index contributed by atoms with van der Waals surface area (Å²) in [6.45, 7) is 2.15. The Balaban J connectivity index is 3.55. The van der Waals surface area contributed by atoms with Crippen LogP contribution < -0.4 is 0 Å². The molecule has 0 radical (unpaired) electrons. The molecular weight excluding hydrogens is 308 g/mol. The third kappa shape index (κ3) is 12.9. The van der Waals surface area contributed by atoms with E-state index in [0.29, 0.717) is 32.1 Å². The number of ketones is 2. The highest BCUT2D eigenvalue weighted by atomic mass is 32.3. The van der Waals surface area contributed by atoms with Crippen LogP contribution in [0.5, 0.6) is 0 Å². The van der Waals surface area contributed by atoms with E-state index >= 15 is 0 Å². The minimum Gasteiger partial charge on any atom is -0.299 e. The van der Waals surface area contributed by atoms with Crippen molar-refractivity contribution in [2.45, 2.75) is 71.1 Å². The van der Waals surface area contributed by atoms with Crippen LogP contribution in [-0.2, 0) is 28.4 Å². The number of rotatable bonds is 15. The number of hydrogen-bond acceptors (Lipinski definition) is 6. The number of Topliss-reactive ketones (excluding diaryl/α,β-unsaturated/α-hetero) is 2. The molecule has 0 heterocycles. The number of carbonyl (C=O) groups is 2. The van der Waals surface area contributed by atoms with Gasteiger partial charge in [0.25, 0.3) is 0 Å². The van der Waals surface area contributed by atoms with Crippen molar-refractivity contribution < 1.29 is 26.4 Å². The molecule has 0 aromatic rings. The molecule has 0 aliphatic rings. The van der Waals surface area contributed by atoms with Gasteiger partial charge in [-0.3, -0.25) is 13.8 Å². The highest BCUT2D eigenvalue weighted by molar-refractivity contribution is 7.81. The lowest BCUT2D eigenvalue weighted by molar-refractivity contribution is -0.127. The lowest BCUT2D eigenvalue weighted by Crippen LogP contribution is -2.09. The van der Waals surface area contributed by atoms with Crippen LogP contribution in [0, 0.1) is 0 Å². The van der Waals surface area contributed by atoms with Crippen molar-refractivity contribution in [3.05, 3.63) is 0 Å². The van der Waals surface area contributed by atoms with Gasteiger partial charge in [0.05, 0.1) is 20.1 Å². The molecule has 0 aromatic carbocycles. The highest BCUT2D eigenvalue weighted by Gasteiger charge is 2.10. The van der Waals surface area contributed by atoms with Gasteiger partial charge in [-0.05, 0) is 19.3 Å². The van der Waals surface area contributed by atoms with Crippen molar-refractivity contribution in [1.29, 1.82) is 0 Å². The molecule has 0 atom stereocenters. The van der Waals surface area contributed by atoms with Gasteiger partial charge in [0.2, 0.25) is 0 Å². The zero-order valence-corrected chi connectivity index (χ0v) is 14.5. The number of unbranched alkanes of at least 4 members (excludes halogenated alkanes) is 5. The van der Waals surface area contributed by atoms with E-state index in [0.717, 1.165) is 32.8 Å². The molecule has 0 fully saturated rings. The summed E-state index contributed by atoms with van der Waals surface area (Å²) >= 11 is 0. The Morgan fingerprint density at radius 1 is 0.864 bits per heavy atom. The molecule has 0 saturated heterocycles. The molecule has 22 heavy (non-hydrogen) atoms. The summed E-state index contributed by atoms with van der Waals surface area (Å²) in [4.78, 5) is 23.2. The summed E-state index contributed by atoms with van der Waals surface area (Å²) in [5, 5.41) is 0. The van der Waals surface area contributed by atoms with Crippen molar-refractivity contribution >= 4 is 22.0 Å². The quantitative estimate of drug-likeness (QED) is 0.337. The van der Waals surface area contributed by atoms with Gasteiger partial charge in [-0.2, -0.15) is 8.42 Å². The summed E-state index contributed by atoms with van der Waals surface area (Å²) in [6.07, 6.45) is 6.89. The Kier molecular flexibility index (Phi) is 12.3. The third-order valence-corrected chi connectivity index (χ3v) is 4.10. The van der Waals surface area contributed by atoms with Crippen LogP contribution in [-0.4, -0.2) is 33.7 Å². The number of carbonyl (C=O) groups excluding carboxylic acids is 2. The van der Waals surface area contributed by atoms with Gasteiger partial charge in [0, 0.05) is 12.8 Å². The van der Waals surface area contributed by atoms with E-state index in [1.165, 1.54) is 0 Å². The van der Waals surface area contributed by atoms with Crippen molar-refractivity contribution in [3.63, 3.8) is 0 Å². The first-order valence-electron chi connectivity index (χ1n) is 7.89. The lowest BCUT2D eigenvalue weighted by atomic mass is 10.0. The molecule has 130 valence electrons. The van der Waals surface area contributed by atoms with Crippen LogP contribution in [0.1, 0.15) is 71.1 Å². The fourth-order valence-corrected chi connectivity index (χ4v) is 2.37. The predicted octanol–water partition coefficient (Wildman–Crippen LogP) is 2.95. The van der Waals surface area contributed by atoms with Gasteiger partial charge < -0.3 is 0 Å². The van der Waals surface area contributed by atoms with Gasteiger partial charge in [-0.25, -0.2) is 4.18 Å². The third-order valence-electron chi connectivity index (χ3n) is 3.24. The molecule has 0 amide bonds. The topological polar surface area (TPSA) is 86.7 Å². The van der Waals surface area contributed by atoms with Crippen LogP contribution in [0.4, 0.5) is 0 Å². The molecule has 0 N–H and O–H groups in total. The summed E-state index contributed by atoms with van der Waals surface area (Å²) in [5.74, 6) is -0.0125. The summed E-state index contributed by atoms with van der Waals surface area (Å²) in [6, 6.07) is 0. The zero-order valence-electron chi connectivity index (χ0n) is 13.6.